The Morgan fingerprint density at radius 3 is 1.95 bits per heavy atom. The van der Waals surface area contributed by atoms with Gasteiger partial charge in [-0.2, -0.15) is 16.8 Å². The first-order valence-electron chi connectivity index (χ1n) is 4.81. The topological polar surface area (TPSA) is 160 Å². The van der Waals surface area contributed by atoms with E-state index in [4.69, 9.17) is 9.11 Å². The third-order valence-electron chi connectivity index (χ3n) is 2.45. The van der Waals surface area contributed by atoms with E-state index in [0.717, 1.165) is 12.1 Å². The molecule has 0 amide bonds. The number of hydrogen-bond donors (Lipinski definition) is 3. The van der Waals surface area contributed by atoms with Gasteiger partial charge in [0.15, 0.2) is 0 Å². The highest BCUT2D eigenvalue weighted by Crippen LogP contribution is 2.29. The lowest BCUT2D eigenvalue weighted by molar-refractivity contribution is 0.476. The summed E-state index contributed by atoms with van der Waals surface area (Å²) in [6.07, 6.45) is 0. The molecule has 0 bridgehead atoms. The van der Waals surface area contributed by atoms with Gasteiger partial charge in [-0.25, -0.2) is 0 Å². The van der Waals surface area contributed by atoms with Crippen LogP contribution in [0.5, 0.6) is 5.75 Å². The Morgan fingerprint density at radius 1 is 0.850 bits per heavy atom. The molecule has 20 heavy (non-hydrogen) atoms. The number of phenols is 1. The molecule has 0 aliphatic carbocycles. The van der Waals surface area contributed by atoms with Crippen LogP contribution < -0.4 is 0 Å². The summed E-state index contributed by atoms with van der Waals surface area (Å²) in [5.74, 6) is -0.253. The average Bonchev–Trinajstić information content (AvgIpc) is 2.24. The van der Waals surface area contributed by atoms with E-state index in [1.165, 1.54) is 12.1 Å². The van der Waals surface area contributed by atoms with Crippen molar-refractivity contribution in [3.8, 4) is 5.75 Å². The number of fused-ring (bicyclic) bond motifs is 1. The molecule has 110 valence electrons. The Hall–Kier alpha value is -1.72. The van der Waals surface area contributed by atoms with Crippen LogP contribution in [-0.2, 0) is 20.2 Å². The average molecular weight is 322 g/mol. The standard InChI is InChI=1S/C10H8O7S2.H2O/c11-7-2-1-6-3-8(18(12,13)14)5-10(9(6)4-7)19(15,16)17;/h1-5,11H,(H,12,13,14)(H,15,16,17);1H2. The SMILES string of the molecule is O.O=S(=O)(O)c1cc(S(=O)(=O)O)c2cc(O)ccc2c1. The van der Waals surface area contributed by atoms with Crippen molar-refractivity contribution in [2.24, 2.45) is 0 Å². The molecule has 0 atom stereocenters. The Kier molecular flexibility index (Phi) is 4.08. The minimum Gasteiger partial charge on any atom is -0.508 e. The van der Waals surface area contributed by atoms with Gasteiger partial charge in [0.05, 0.1) is 4.90 Å². The van der Waals surface area contributed by atoms with Crippen molar-refractivity contribution in [1.82, 2.24) is 0 Å². The second kappa shape index (κ2) is 5.00. The molecule has 0 aromatic heterocycles. The molecule has 0 fully saturated rings. The third-order valence-corrected chi connectivity index (χ3v) is 4.17. The summed E-state index contributed by atoms with van der Waals surface area (Å²) in [7, 11) is -9.34. The molecular formula is C10H10O8S2. The highest BCUT2D eigenvalue weighted by molar-refractivity contribution is 7.86. The molecule has 0 saturated heterocycles. The Bertz CT molecular complexity index is 868. The molecule has 0 saturated carbocycles. The molecule has 8 nitrogen and oxygen atoms in total. The summed E-state index contributed by atoms with van der Waals surface area (Å²) < 4.78 is 62.6. The Balaban J connectivity index is 0.00000200. The van der Waals surface area contributed by atoms with Crippen LogP contribution in [0.2, 0.25) is 0 Å². The van der Waals surface area contributed by atoms with Gasteiger partial charge >= 0.3 is 0 Å². The molecular weight excluding hydrogens is 312 g/mol. The lowest BCUT2D eigenvalue weighted by Crippen LogP contribution is -2.04. The number of phenolic OH excluding ortho intramolecular Hbond substituents is 1. The molecule has 10 heteroatoms. The summed E-state index contributed by atoms with van der Waals surface area (Å²) in [6, 6.07) is 5.18. The fraction of sp³-hybridized carbons (Fsp3) is 0. The van der Waals surface area contributed by atoms with Crippen LogP contribution in [0.25, 0.3) is 10.8 Å². The zero-order chi connectivity index (χ0) is 14.4. The summed E-state index contributed by atoms with van der Waals surface area (Å²) in [4.78, 5) is -1.38. The van der Waals surface area contributed by atoms with E-state index in [-0.39, 0.29) is 22.0 Å². The minimum absolute atomic E-state index is 0. The molecule has 2 aromatic carbocycles. The molecule has 2 aromatic rings. The van der Waals surface area contributed by atoms with Crippen LogP contribution in [-0.4, -0.2) is 36.5 Å². The number of rotatable bonds is 2. The fourth-order valence-electron chi connectivity index (χ4n) is 1.65. The van der Waals surface area contributed by atoms with E-state index in [1.54, 1.807) is 0 Å². The Labute approximate surface area is 114 Å². The minimum atomic E-state index is -4.72. The van der Waals surface area contributed by atoms with Gasteiger partial charge in [-0.05, 0) is 29.7 Å². The van der Waals surface area contributed by atoms with Gasteiger partial charge in [-0.3, -0.25) is 9.11 Å². The van der Waals surface area contributed by atoms with Crippen molar-refractivity contribution in [1.29, 1.82) is 0 Å². The maximum Gasteiger partial charge on any atom is 0.295 e. The summed E-state index contributed by atoms with van der Waals surface area (Å²) in [6.45, 7) is 0. The highest BCUT2D eigenvalue weighted by atomic mass is 32.2. The van der Waals surface area contributed by atoms with Crippen LogP contribution in [0.4, 0.5) is 0 Å². The van der Waals surface area contributed by atoms with E-state index < -0.39 is 30.0 Å². The molecule has 0 aliphatic rings. The molecule has 0 spiro atoms. The van der Waals surface area contributed by atoms with Gasteiger partial charge in [0.25, 0.3) is 20.2 Å². The van der Waals surface area contributed by atoms with Gasteiger partial charge in [0.2, 0.25) is 0 Å². The van der Waals surface area contributed by atoms with Crippen molar-refractivity contribution in [3.05, 3.63) is 30.3 Å². The van der Waals surface area contributed by atoms with E-state index in [1.807, 2.05) is 0 Å². The van der Waals surface area contributed by atoms with Crippen molar-refractivity contribution in [3.63, 3.8) is 0 Å². The number of hydrogen-bond acceptors (Lipinski definition) is 5. The van der Waals surface area contributed by atoms with Crippen molar-refractivity contribution in [2.45, 2.75) is 9.79 Å². The second-order valence-electron chi connectivity index (χ2n) is 3.78. The zero-order valence-electron chi connectivity index (χ0n) is 9.68. The van der Waals surface area contributed by atoms with Crippen molar-refractivity contribution < 1.29 is 36.5 Å². The second-order valence-corrected chi connectivity index (χ2v) is 6.59. The molecule has 0 unspecified atom stereocenters. The van der Waals surface area contributed by atoms with Crippen LogP contribution in [0.1, 0.15) is 0 Å². The van der Waals surface area contributed by atoms with E-state index in [0.29, 0.717) is 6.07 Å². The maximum atomic E-state index is 11.2. The highest BCUT2D eigenvalue weighted by Gasteiger charge is 2.20. The largest absolute Gasteiger partial charge is 0.508 e. The molecule has 0 aliphatic heterocycles. The molecule has 2 rings (SSSR count). The zero-order valence-corrected chi connectivity index (χ0v) is 11.3. The first-order chi connectivity index (χ1) is 8.59. The van der Waals surface area contributed by atoms with Crippen LogP contribution in [0, 0.1) is 0 Å². The lowest BCUT2D eigenvalue weighted by atomic mass is 10.1. The predicted molar refractivity (Wildman–Crippen MR) is 68.9 cm³/mol. The quantitative estimate of drug-likeness (QED) is 0.666. The molecule has 5 N–H and O–H groups in total. The first kappa shape index (κ1) is 16.3. The predicted octanol–water partition coefficient (Wildman–Crippen LogP) is 0.214. The molecule has 0 heterocycles. The number of aromatic hydroxyl groups is 1. The van der Waals surface area contributed by atoms with Gasteiger partial charge in [0, 0.05) is 5.39 Å². The maximum absolute atomic E-state index is 11.2. The van der Waals surface area contributed by atoms with Crippen LogP contribution in [0.3, 0.4) is 0 Å². The summed E-state index contributed by atoms with van der Waals surface area (Å²) >= 11 is 0. The van der Waals surface area contributed by atoms with Gasteiger partial charge in [-0.1, -0.05) is 6.07 Å². The number of benzene rings is 2. The van der Waals surface area contributed by atoms with Gasteiger partial charge < -0.3 is 10.6 Å². The van der Waals surface area contributed by atoms with E-state index in [9.17, 15) is 21.9 Å². The third kappa shape index (κ3) is 3.05. The van der Waals surface area contributed by atoms with Crippen molar-refractivity contribution >= 4 is 31.0 Å². The smallest absolute Gasteiger partial charge is 0.295 e. The van der Waals surface area contributed by atoms with Crippen LogP contribution in [0.15, 0.2) is 40.1 Å². The van der Waals surface area contributed by atoms with Gasteiger partial charge in [0.1, 0.15) is 10.6 Å². The van der Waals surface area contributed by atoms with Crippen LogP contribution >= 0.6 is 0 Å². The summed E-state index contributed by atoms with van der Waals surface area (Å²) in [5.41, 5.74) is 0. The normalized spacial score (nSPS) is 12.1. The lowest BCUT2D eigenvalue weighted by Gasteiger charge is -2.07. The van der Waals surface area contributed by atoms with E-state index in [2.05, 4.69) is 0 Å². The fourth-order valence-corrected chi connectivity index (χ4v) is 3.00. The van der Waals surface area contributed by atoms with E-state index >= 15 is 0 Å². The summed E-state index contributed by atoms with van der Waals surface area (Å²) in [5, 5.41) is 9.37. The van der Waals surface area contributed by atoms with Gasteiger partial charge in [-0.15, -0.1) is 0 Å². The molecule has 0 radical (unpaired) electrons. The first-order valence-corrected chi connectivity index (χ1v) is 7.69. The van der Waals surface area contributed by atoms with Crippen molar-refractivity contribution in [2.75, 3.05) is 0 Å². The Morgan fingerprint density at radius 2 is 1.45 bits per heavy atom. The monoisotopic (exact) mass is 322 g/mol.